The molecule has 44 heavy (non-hydrogen) atoms. The third-order valence-electron chi connectivity index (χ3n) is 7.59. The number of thiazole rings is 1. The first-order valence-corrected chi connectivity index (χ1v) is 15.3. The number of aryl methyl sites for hydroxylation is 2. The molecule has 0 unspecified atom stereocenters. The van der Waals surface area contributed by atoms with E-state index in [1.807, 2.05) is 56.3 Å². The van der Waals surface area contributed by atoms with Gasteiger partial charge in [0.25, 0.3) is 0 Å². The van der Waals surface area contributed by atoms with E-state index in [-0.39, 0.29) is 30.7 Å². The Kier molecular flexibility index (Phi) is 10.2. The molecule has 9 nitrogen and oxygen atoms in total. The summed E-state index contributed by atoms with van der Waals surface area (Å²) in [4.78, 5) is 47.7. The first-order valence-electron chi connectivity index (χ1n) is 14.5. The van der Waals surface area contributed by atoms with Crippen molar-refractivity contribution in [3.63, 3.8) is 0 Å². The molecule has 10 heteroatoms. The Morgan fingerprint density at radius 2 is 1.52 bits per heavy atom. The zero-order chi connectivity index (χ0) is 31.1. The molecule has 0 atom stereocenters. The number of benzene rings is 3. The third kappa shape index (κ3) is 7.39. The third-order valence-corrected chi connectivity index (χ3v) is 8.71. The monoisotopic (exact) mass is 612 g/mol. The van der Waals surface area contributed by atoms with Crippen molar-refractivity contribution < 1.29 is 23.9 Å². The SMILES string of the molecule is COC(=O)c1cc(-c2sc(C)nc2C)ccc1NC(=O)COCC(=O)N1CCN(C(c2ccccc2)c2ccccc2)CC1. The van der Waals surface area contributed by atoms with Crippen LogP contribution in [0.5, 0.6) is 0 Å². The summed E-state index contributed by atoms with van der Waals surface area (Å²) in [5.41, 5.74) is 4.64. The number of ether oxygens (including phenoxy) is 2. The van der Waals surface area contributed by atoms with Gasteiger partial charge in [-0.15, -0.1) is 11.3 Å². The lowest BCUT2D eigenvalue weighted by Gasteiger charge is -2.39. The molecule has 3 aromatic carbocycles. The number of rotatable bonds is 10. The molecule has 1 N–H and O–H groups in total. The van der Waals surface area contributed by atoms with Gasteiger partial charge in [0.05, 0.1) is 40.0 Å². The number of carbonyl (C=O) groups is 3. The molecule has 1 aliphatic heterocycles. The van der Waals surface area contributed by atoms with E-state index >= 15 is 0 Å². The predicted octanol–water partition coefficient (Wildman–Crippen LogP) is 5.10. The maximum atomic E-state index is 12.9. The summed E-state index contributed by atoms with van der Waals surface area (Å²) in [6.45, 7) is 5.87. The molecular weight excluding hydrogens is 576 g/mol. The van der Waals surface area contributed by atoms with E-state index in [4.69, 9.17) is 9.47 Å². The Balaban J connectivity index is 1.14. The molecule has 0 aliphatic carbocycles. The zero-order valence-corrected chi connectivity index (χ0v) is 25.9. The van der Waals surface area contributed by atoms with Gasteiger partial charge in [0.1, 0.15) is 13.2 Å². The minimum absolute atomic E-state index is 0.105. The van der Waals surface area contributed by atoms with Gasteiger partial charge in [-0.05, 0) is 42.7 Å². The molecule has 1 fully saturated rings. The first kappa shape index (κ1) is 31.1. The summed E-state index contributed by atoms with van der Waals surface area (Å²) >= 11 is 1.53. The van der Waals surface area contributed by atoms with Crippen molar-refractivity contribution in [2.45, 2.75) is 19.9 Å². The summed E-state index contributed by atoms with van der Waals surface area (Å²) in [6, 6.07) is 26.1. The van der Waals surface area contributed by atoms with Crippen molar-refractivity contribution in [1.29, 1.82) is 0 Å². The molecule has 0 bridgehead atoms. The molecule has 4 aromatic rings. The maximum absolute atomic E-state index is 12.9. The fraction of sp³-hybridized carbons (Fsp3) is 0.294. The molecular formula is C34H36N4O5S. The van der Waals surface area contributed by atoms with Crippen LogP contribution in [-0.2, 0) is 19.1 Å². The molecule has 0 saturated carbocycles. The number of hydrogen-bond donors (Lipinski definition) is 1. The minimum atomic E-state index is -0.571. The summed E-state index contributed by atoms with van der Waals surface area (Å²) < 4.78 is 10.4. The molecule has 5 rings (SSSR count). The Hall–Kier alpha value is -4.38. The predicted molar refractivity (Wildman–Crippen MR) is 171 cm³/mol. The van der Waals surface area contributed by atoms with Crippen molar-refractivity contribution in [3.05, 3.63) is 106 Å². The lowest BCUT2D eigenvalue weighted by molar-refractivity contribution is -0.139. The molecule has 2 heterocycles. The van der Waals surface area contributed by atoms with Gasteiger partial charge in [-0.2, -0.15) is 0 Å². The molecule has 1 aromatic heterocycles. The molecule has 1 aliphatic rings. The second kappa shape index (κ2) is 14.4. The van der Waals surface area contributed by atoms with Crippen molar-refractivity contribution in [2.75, 3.05) is 51.8 Å². The normalized spacial score (nSPS) is 13.6. The number of aromatic nitrogens is 1. The highest BCUT2D eigenvalue weighted by Crippen LogP contribution is 2.33. The van der Waals surface area contributed by atoms with Gasteiger partial charge in [0.15, 0.2) is 0 Å². The van der Waals surface area contributed by atoms with Crippen LogP contribution in [0.15, 0.2) is 78.9 Å². The Morgan fingerprint density at radius 3 is 2.09 bits per heavy atom. The van der Waals surface area contributed by atoms with E-state index in [0.29, 0.717) is 31.9 Å². The second-order valence-electron chi connectivity index (χ2n) is 10.6. The van der Waals surface area contributed by atoms with Gasteiger partial charge in [-0.1, -0.05) is 66.7 Å². The van der Waals surface area contributed by atoms with Gasteiger partial charge in [-0.25, -0.2) is 9.78 Å². The highest BCUT2D eigenvalue weighted by atomic mass is 32.1. The molecule has 0 spiro atoms. The fourth-order valence-electron chi connectivity index (χ4n) is 5.50. The first-order chi connectivity index (χ1) is 21.3. The Morgan fingerprint density at radius 1 is 0.886 bits per heavy atom. The Labute approximate surface area is 261 Å². The van der Waals surface area contributed by atoms with Crippen LogP contribution in [0.25, 0.3) is 10.4 Å². The van der Waals surface area contributed by atoms with Gasteiger partial charge < -0.3 is 19.7 Å². The van der Waals surface area contributed by atoms with Crippen LogP contribution < -0.4 is 5.32 Å². The van der Waals surface area contributed by atoms with E-state index in [0.717, 1.165) is 21.1 Å². The molecule has 228 valence electrons. The van der Waals surface area contributed by atoms with E-state index < -0.39 is 11.9 Å². The minimum Gasteiger partial charge on any atom is -0.465 e. The summed E-state index contributed by atoms with van der Waals surface area (Å²) in [6.07, 6.45) is 0. The number of carbonyl (C=O) groups excluding carboxylic acids is 3. The molecule has 2 amide bonds. The summed E-state index contributed by atoms with van der Waals surface area (Å²) in [5, 5.41) is 3.64. The van der Waals surface area contributed by atoms with Crippen molar-refractivity contribution in [3.8, 4) is 10.4 Å². The van der Waals surface area contributed by atoms with Gasteiger partial charge >= 0.3 is 5.97 Å². The highest BCUT2D eigenvalue weighted by Gasteiger charge is 2.28. The highest BCUT2D eigenvalue weighted by molar-refractivity contribution is 7.15. The van der Waals surface area contributed by atoms with Crippen LogP contribution in [0, 0.1) is 13.8 Å². The van der Waals surface area contributed by atoms with Crippen molar-refractivity contribution >= 4 is 34.8 Å². The van der Waals surface area contributed by atoms with E-state index in [2.05, 4.69) is 39.5 Å². The largest absolute Gasteiger partial charge is 0.465 e. The second-order valence-corrected chi connectivity index (χ2v) is 11.8. The standard InChI is InChI=1S/C34H36N4O5S/c1-23-33(44-24(2)35-23)27-14-15-29(28(20-27)34(41)42-3)36-30(39)21-43-22-31(40)37-16-18-38(19-17-37)32(25-10-6-4-7-11-25)26-12-8-5-9-13-26/h4-15,20,32H,16-19,21-22H2,1-3H3,(H,36,39). The quantitative estimate of drug-likeness (QED) is 0.249. The van der Waals surface area contributed by atoms with E-state index in [1.54, 1.807) is 17.0 Å². The lowest BCUT2D eigenvalue weighted by Crippen LogP contribution is -2.50. The van der Waals surface area contributed by atoms with Crippen LogP contribution >= 0.6 is 11.3 Å². The van der Waals surface area contributed by atoms with Crippen LogP contribution in [0.4, 0.5) is 5.69 Å². The molecule has 1 saturated heterocycles. The van der Waals surface area contributed by atoms with Crippen molar-refractivity contribution in [2.24, 2.45) is 0 Å². The number of methoxy groups -OCH3 is 1. The van der Waals surface area contributed by atoms with Crippen LogP contribution in [-0.4, -0.2) is 79.1 Å². The number of piperazine rings is 1. The number of nitrogens with zero attached hydrogens (tertiary/aromatic N) is 3. The van der Waals surface area contributed by atoms with Crippen LogP contribution in [0.3, 0.4) is 0 Å². The van der Waals surface area contributed by atoms with Gasteiger partial charge in [0, 0.05) is 26.2 Å². The maximum Gasteiger partial charge on any atom is 0.339 e. The smallest absolute Gasteiger partial charge is 0.339 e. The average Bonchev–Trinajstić information content (AvgIpc) is 3.39. The number of esters is 1. The lowest BCUT2D eigenvalue weighted by atomic mass is 9.96. The molecule has 0 radical (unpaired) electrons. The Bertz CT molecular complexity index is 1560. The zero-order valence-electron chi connectivity index (χ0n) is 25.1. The van der Waals surface area contributed by atoms with E-state index in [1.165, 1.54) is 29.6 Å². The van der Waals surface area contributed by atoms with Gasteiger partial charge in [0.2, 0.25) is 11.8 Å². The topological polar surface area (TPSA) is 101 Å². The van der Waals surface area contributed by atoms with E-state index in [9.17, 15) is 14.4 Å². The summed E-state index contributed by atoms with van der Waals surface area (Å²) in [7, 11) is 1.29. The average molecular weight is 613 g/mol. The number of anilines is 1. The van der Waals surface area contributed by atoms with Crippen molar-refractivity contribution in [1.82, 2.24) is 14.8 Å². The number of amides is 2. The van der Waals surface area contributed by atoms with Crippen LogP contribution in [0.2, 0.25) is 0 Å². The van der Waals surface area contributed by atoms with Gasteiger partial charge in [-0.3, -0.25) is 14.5 Å². The number of hydrogen-bond acceptors (Lipinski definition) is 8. The summed E-state index contributed by atoms with van der Waals surface area (Å²) in [5.74, 6) is -1.21. The fourth-order valence-corrected chi connectivity index (χ4v) is 6.41. The number of nitrogens with one attached hydrogen (secondary N) is 1. The van der Waals surface area contributed by atoms with Crippen LogP contribution in [0.1, 0.15) is 38.2 Å².